The molecule has 1 heterocycles. The molecule has 1 aliphatic heterocycles. The van der Waals surface area contributed by atoms with E-state index >= 15 is 0 Å². The Morgan fingerprint density at radius 3 is 2.37 bits per heavy atom. The SMILES string of the molecule is CNC(CN(C)C1CCN(C)CC1)(C(N)=O)C1CC1. The predicted octanol–water partition coefficient (Wildman–Crippen LogP) is -0.134. The molecule has 0 aromatic heterocycles. The van der Waals surface area contributed by atoms with Crippen LogP contribution in [-0.2, 0) is 4.79 Å². The molecular weight excluding hydrogens is 240 g/mol. The third-order valence-corrected chi connectivity index (χ3v) is 4.97. The van der Waals surface area contributed by atoms with Crippen LogP contribution in [0.3, 0.4) is 0 Å². The number of amides is 1. The first-order chi connectivity index (χ1) is 8.99. The van der Waals surface area contributed by atoms with Crippen LogP contribution in [0.1, 0.15) is 25.7 Å². The van der Waals surface area contributed by atoms with Gasteiger partial charge in [-0.2, -0.15) is 0 Å². The van der Waals surface area contributed by atoms with Crippen LogP contribution in [0.25, 0.3) is 0 Å². The van der Waals surface area contributed by atoms with Gasteiger partial charge < -0.3 is 20.9 Å². The van der Waals surface area contributed by atoms with Crippen LogP contribution in [-0.4, -0.2) is 68.1 Å². The number of likely N-dealkylation sites (tertiary alicyclic amines) is 1. The zero-order chi connectivity index (χ0) is 14.0. The molecule has 2 aliphatic rings. The van der Waals surface area contributed by atoms with Gasteiger partial charge in [-0.05, 0) is 65.8 Å². The van der Waals surface area contributed by atoms with Gasteiger partial charge in [0, 0.05) is 12.6 Å². The number of piperidine rings is 1. The predicted molar refractivity (Wildman–Crippen MR) is 76.9 cm³/mol. The summed E-state index contributed by atoms with van der Waals surface area (Å²) in [5.41, 5.74) is 5.16. The fourth-order valence-corrected chi connectivity index (χ4v) is 3.35. The van der Waals surface area contributed by atoms with Crippen molar-refractivity contribution in [1.29, 1.82) is 0 Å². The number of carbonyl (C=O) groups excluding carboxylic acids is 1. The van der Waals surface area contributed by atoms with Gasteiger partial charge in [0.1, 0.15) is 5.54 Å². The number of nitrogens with zero attached hydrogens (tertiary/aromatic N) is 2. The van der Waals surface area contributed by atoms with Gasteiger partial charge in [-0.25, -0.2) is 0 Å². The highest BCUT2D eigenvalue weighted by molar-refractivity contribution is 5.86. The number of primary amides is 1. The van der Waals surface area contributed by atoms with Crippen molar-refractivity contribution in [2.24, 2.45) is 11.7 Å². The molecule has 1 aliphatic carbocycles. The first-order valence-corrected chi connectivity index (χ1v) is 7.37. The van der Waals surface area contributed by atoms with E-state index in [1.807, 2.05) is 7.05 Å². The summed E-state index contributed by atoms with van der Waals surface area (Å²) >= 11 is 0. The van der Waals surface area contributed by atoms with E-state index in [0.29, 0.717) is 12.0 Å². The molecule has 0 bridgehead atoms. The third kappa shape index (κ3) is 3.09. The largest absolute Gasteiger partial charge is 0.368 e. The van der Waals surface area contributed by atoms with E-state index in [4.69, 9.17) is 5.73 Å². The summed E-state index contributed by atoms with van der Waals surface area (Å²) in [5, 5.41) is 3.23. The summed E-state index contributed by atoms with van der Waals surface area (Å²) in [6.45, 7) is 3.01. The van der Waals surface area contributed by atoms with Gasteiger partial charge in [-0.1, -0.05) is 0 Å². The normalized spacial score (nSPS) is 25.5. The van der Waals surface area contributed by atoms with Crippen molar-refractivity contribution in [2.75, 3.05) is 40.8 Å². The van der Waals surface area contributed by atoms with E-state index < -0.39 is 5.54 Å². The number of likely N-dealkylation sites (N-methyl/N-ethyl adjacent to an activating group) is 2. The molecule has 5 heteroatoms. The zero-order valence-electron chi connectivity index (χ0n) is 12.5. The molecule has 3 N–H and O–H groups in total. The summed E-state index contributed by atoms with van der Waals surface area (Å²) in [4.78, 5) is 16.6. The summed E-state index contributed by atoms with van der Waals surface area (Å²) in [6.07, 6.45) is 4.59. The molecule has 5 nitrogen and oxygen atoms in total. The summed E-state index contributed by atoms with van der Waals surface area (Å²) in [5.74, 6) is 0.223. The lowest BCUT2D eigenvalue weighted by Crippen LogP contribution is -2.63. The number of hydrogen-bond donors (Lipinski definition) is 2. The van der Waals surface area contributed by atoms with Crippen LogP contribution < -0.4 is 11.1 Å². The molecule has 0 spiro atoms. The maximum atomic E-state index is 11.9. The second kappa shape index (κ2) is 5.77. The van der Waals surface area contributed by atoms with E-state index in [1.165, 1.54) is 12.8 Å². The molecule has 1 saturated heterocycles. The van der Waals surface area contributed by atoms with Crippen LogP contribution in [0.4, 0.5) is 0 Å². The Kier molecular flexibility index (Phi) is 4.48. The van der Waals surface area contributed by atoms with Crippen molar-refractivity contribution in [3.8, 4) is 0 Å². The average Bonchev–Trinajstić information content (AvgIpc) is 3.20. The molecule has 0 aromatic carbocycles. The van der Waals surface area contributed by atoms with Crippen LogP contribution >= 0.6 is 0 Å². The fourth-order valence-electron chi connectivity index (χ4n) is 3.35. The second-order valence-electron chi connectivity index (χ2n) is 6.31. The minimum atomic E-state index is -0.530. The zero-order valence-corrected chi connectivity index (χ0v) is 12.5. The van der Waals surface area contributed by atoms with Crippen LogP contribution in [0, 0.1) is 5.92 Å². The summed E-state index contributed by atoms with van der Waals surface area (Å²) < 4.78 is 0. The molecule has 1 amide bonds. The van der Waals surface area contributed by atoms with Crippen molar-refractivity contribution in [2.45, 2.75) is 37.3 Å². The summed E-state index contributed by atoms with van der Waals surface area (Å²) in [7, 11) is 6.17. The summed E-state index contributed by atoms with van der Waals surface area (Å²) in [6, 6.07) is 0.571. The number of nitrogens with one attached hydrogen (secondary N) is 1. The molecule has 0 radical (unpaired) electrons. The van der Waals surface area contributed by atoms with Crippen molar-refractivity contribution in [3.63, 3.8) is 0 Å². The lowest BCUT2D eigenvalue weighted by atomic mass is 9.90. The number of rotatable bonds is 6. The molecule has 2 rings (SSSR count). The minimum Gasteiger partial charge on any atom is -0.368 e. The molecular formula is C14H28N4O. The van der Waals surface area contributed by atoms with Gasteiger partial charge >= 0.3 is 0 Å². The lowest BCUT2D eigenvalue weighted by molar-refractivity contribution is -0.126. The second-order valence-corrected chi connectivity index (χ2v) is 6.31. The molecule has 0 aromatic rings. The molecule has 110 valence electrons. The van der Waals surface area contributed by atoms with Crippen molar-refractivity contribution in [3.05, 3.63) is 0 Å². The molecule has 2 fully saturated rings. The fraction of sp³-hybridized carbons (Fsp3) is 0.929. The maximum Gasteiger partial charge on any atom is 0.239 e. The highest BCUT2D eigenvalue weighted by Gasteiger charge is 2.49. The molecule has 1 atom stereocenters. The quantitative estimate of drug-likeness (QED) is 0.704. The first-order valence-electron chi connectivity index (χ1n) is 7.37. The van der Waals surface area contributed by atoms with Gasteiger partial charge in [0.05, 0.1) is 0 Å². The Morgan fingerprint density at radius 1 is 1.37 bits per heavy atom. The topological polar surface area (TPSA) is 61.6 Å². The molecule has 19 heavy (non-hydrogen) atoms. The van der Waals surface area contributed by atoms with E-state index in [1.54, 1.807) is 0 Å². The van der Waals surface area contributed by atoms with Gasteiger partial charge in [-0.3, -0.25) is 4.79 Å². The first kappa shape index (κ1) is 14.8. The van der Waals surface area contributed by atoms with Crippen molar-refractivity contribution >= 4 is 5.91 Å². The van der Waals surface area contributed by atoms with Crippen molar-refractivity contribution < 1.29 is 4.79 Å². The third-order valence-electron chi connectivity index (χ3n) is 4.97. The van der Waals surface area contributed by atoms with E-state index in [9.17, 15) is 4.79 Å². The standard InChI is InChI=1S/C14H28N4O/c1-16-14(13(15)19,11-4-5-11)10-18(3)12-6-8-17(2)9-7-12/h11-12,16H,4-10H2,1-3H3,(H2,15,19). The Hall–Kier alpha value is -0.650. The number of nitrogens with two attached hydrogens (primary N) is 1. The van der Waals surface area contributed by atoms with E-state index in [2.05, 4.69) is 29.2 Å². The average molecular weight is 268 g/mol. The molecule has 1 unspecified atom stereocenters. The van der Waals surface area contributed by atoms with Gasteiger partial charge in [-0.15, -0.1) is 0 Å². The van der Waals surface area contributed by atoms with Crippen LogP contribution in [0.15, 0.2) is 0 Å². The maximum absolute atomic E-state index is 11.9. The smallest absolute Gasteiger partial charge is 0.239 e. The van der Waals surface area contributed by atoms with Gasteiger partial charge in [0.25, 0.3) is 0 Å². The van der Waals surface area contributed by atoms with Crippen LogP contribution in [0.5, 0.6) is 0 Å². The Bertz CT molecular complexity index is 323. The van der Waals surface area contributed by atoms with E-state index in [-0.39, 0.29) is 5.91 Å². The van der Waals surface area contributed by atoms with Crippen LogP contribution in [0.2, 0.25) is 0 Å². The highest BCUT2D eigenvalue weighted by atomic mass is 16.1. The van der Waals surface area contributed by atoms with Crippen molar-refractivity contribution in [1.82, 2.24) is 15.1 Å². The van der Waals surface area contributed by atoms with Gasteiger partial charge in [0.2, 0.25) is 5.91 Å². The van der Waals surface area contributed by atoms with Gasteiger partial charge in [0.15, 0.2) is 0 Å². The number of carbonyl (C=O) groups is 1. The number of hydrogen-bond acceptors (Lipinski definition) is 4. The molecule has 1 saturated carbocycles. The lowest BCUT2D eigenvalue weighted by Gasteiger charge is -2.40. The monoisotopic (exact) mass is 268 g/mol. The minimum absolute atomic E-state index is 0.197. The Balaban J connectivity index is 1.98. The highest BCUT2D eigenvalue weighted by Crippen LogP contribution is 2.40. The Labute approximate surface area is 116 Å². The van der Waals surface area contributed by atoms with E-state index in [0.717, 1.165) is 32.5 Å². The Morgan fingerprint density at radius 2 is 1.95 bits per heavy atom.